The number of nitro benzene ring substituents is 1. The SMILES string of the molecule is O=[N+]([O-])c1ccc(Cl)c(CS(=O)(=O)C2CC2)c1. The molecule has 0 saturated heterocycles. The van der Waals surface area contributed by atoms with Gasteiger partial charge in [0.2, 0.25) is 0 Å². The number of sulfone groups is 1. The lowest BCUT2D eigenvalue weighted by Gasteiger charge is -2.04. The number of benzene rings is 1. The van der Waals surface area contributed by atoms with E-state index in [1.807, 2.05) is 0 Å². The molecule has 1 aliphatic carbocycles. The first-order valence-corrected chi connectivity index (χ1v) is 7.14. The highest BCUT2D eigenvalue weighted by Gasteiger charge is 2.36. The summed E-state index contributed by atoms with van der Waals surface area (Å²) in [7, 11) is -3.21. The van der Waals surface area contributed by atoms with Crippen LogP contribution in [0.1, 0.15) is 18.4 Å². The van der Waals surface area contributed by atoms with E-state index < -0.39 is 14.8 Å². The van der Waals surface area contributed by atoms with Crippen LogP contribution in [-0.4, -0.2) is 18.6 Å². The number of hydrogen-bond donors (Lipinski definition) is 0. The maximum atomic E-state index is 11.8. The van der Waals surface area contributed by atoms with Gasteiger partial charge in [0.15, 0.2) is 9.84 Å². The Morgan fingerprint density at radius 1 is 1.41 bits per heavy atom. The Bertz CT molecular complexity index is 566. The summed E-state index contributed by atoms with van der Waals surface area (Å²) < 4.78 is 23.5. The van der Waals surface area contributed by atoms with Gasteiger partial charge >= 0.3 is 0 Å². The highest BCUT2D eigenvalue weighted by atomic mass is 35.5. The summed E-state index contributed by atoms with van der Waals surface area (Å²) in [6.45, 7) is 0. The molecule has 0 aromatic heterocycles. The quantitative estimate of drug-likeness (QED) is 0.624. The number of nitrogens with zero attached hydrogens (tertiary/aromatic N) is 1. The number of non-ortho nitro benzene ring substituents is 1. The second kappa shape index (κ2) is 4.27. The Hall–Kier alpha value is -1.14. The molecule has 0 atom stereocenters. The van der Waals surface area contributed by atoms with Crippen molar-refractivity contribution in [1.29, 1.82) is 0 Å². The lowest BCUT2D eigenvalue weighted by Crippen LogP contribution is -2.10. The molecule has 0 radical (unpaired) electrons. The number of hydrogen-bond acceptors (Lipinski definition) is 4. The van der Waals surface area contributed by atoms with Crippen molar-refractivity contribution in [2.75, 3.05) is 0 Å². The molecule has 1 saturated carbocycles. The zero-order valence-corrected chi connectivity index (χ0v) is 10.4. The molecule has 0 heterocycles. The van der Waals surface area contributed by atoms with Crippen LogP contribution >= 0.6 is 11.6 Å². The van der Waals surface area contributed by atoms with Gasteiger partial charge < -0.3 is 0 Å². The Morgan fingerprint density at radius 3 is 2.59 bits per heavy atom. The summed E-state index contributed by atoms with van der Waals surface area (Å²) in [5.41, 5.74) is 0.156. The molecule has 92 valence electrons. The van der Waals surface area contributed by atoms with E-state index in [-0.39, 0.29) is 21.7 Å². The Kier molecular flexibility index (Phi) is 3.09. The third kappa shape index (κ3) is 2.76. The molecule has 2 rings (SSSR count). The van der Waals surface area contributed by atoms with Gasteiger partial charge in [-0.2, -0.15) is 0 Å². The summed E-state index contributed by atoms with van der Waals surface area (Å²) in [6.07, 6.45) is 1.35. The van der Waals surface area contributed by atoms with Gasteiger partial charge in [0, 0.05) is 17.2 Å². The molecule has 1 aliphatic rings. The highest BCUT2D eigenvalue weighted by Crippen LogP contribution is 2.33. The van der Waals surface area contributed by atoms with Crippen LogP contribution in [0.25, 0.3) is 0 Å². The Balaban J connectivity index is 2.31. The van der Waals surface area contributed by atoms with E-state index in [0.29, 0.717) is 18.4 Å². The van der Waals surface area contributed by atoms with Crippen molar-refractivity contribution in [1.82, 2.24) is 0 Å². The van der Waals surface area contributed by atoms with Crippen molar-refractivity contribution < 1.29 is 13.3 Å². The van der Waals surface area contributed by atoms with Gasteiger partial charge in [0.25, 0.3) is 5.69 Å². The van der Waals surface area contributed by atoms with Gasteiger partial charge in [-0.25, -0.2) is 8.42 Å². The molecular formula is C10H10ClNO4S. The van der Waals surface area contributed by atoms with Crippen LogP contribution in [0.2, 0.25) is 5.02 Å². The third-order valence-electron chi connectivity index (χ3n) is 2.63. The van der Waals surface area contributed by atoms with Crippen LogP contribution in [0.3, 0.4) is 0 Å². The Labute approximate surface area is 103 Å². The van der Waals surface area contributed by atoms with Crippen molar-refractivity contribution >= 4 is 27.1 Å². The molecule has 1 aromatic carbocycles. The largest absolute Gasteiger partial charge is 0.269 e. The lowest BCUT2D eigenvalue weighted by molar-refractivity contribution is -0.384. The fourth-order valence-electron chi connectivity index (χ4n) is 1.55. The minimum absolute atomic E-state index is 0.143. The zero-order valence-electron chi connectivity index (χ0n) is 8.80. The summed E-state index contributed by atoms with van der Waals surface area (Å²) in [5.74, 6) is -0.224. The molecule has 7 heteroatoms. The van der Waals surface area contributed by atoms with Crippen molar-refractivity contribution in [2.45, 2.75) is 23.8 Å². The second-order valence-electron chi connectivity index (χ2n) is 4.04. The topological polar surface area (TPSA) is 77.3 Å². The maximum Gasteiger partial charge on any atom is 0.269 e. The first kappa shape index (κ1) is 12.3. The molecule has 0 amide bonds. The normalized spacial score (nSPS) is 15.8. The van der Waals surface area contributed by atoms with Gasteiger partial charge in [0.1, 0.15) is 0 Å². The molecule has 0 aliphatic heterocycles. The average Bonchev–Trinajstić information content (AvgIpc) is 3.04. The van der Waals surface area contributed by atoms with Crippen molar-refractivity contribution in [3.05, 3.63) is 38.9 Å². The molecule has 1 aromatic rings. The fourth-order valence-corrected chi connectivity index (χ4v) is 3.57. The maximum absolute atomic E-state index is 11.8. The van der Waals surface area contributed by atoms with E-state index in [2.05, 4.69) is 0 Å². The number of rotatable bonds is 4. The fraction of sp³-hybridized carbons (Fsp3) is 0.400. The standard InChI is InChI=1S/C10H10ClNO4S/c11-10-4-1-8(12(13)14)5-7(10)6-17(15,16)9-2-3-9/h1,4-5,9H,2-3,6H2. The van der Waals surface area contributed by atoms with Gasteiger partial charge in [-0.05, 0) is 24.5 Å². The van der Waals surface area contributed by atoms with E-state index in [9.17, 15) is 18.5 Å². The first-order valence-electron chi connectivity index (χ1n) is 5.04. The summed E-state index contributed by atoms with van der Waals surface area (Å²) in [5, 5.41) is 10.5. The molecule has 1 fully saturated rings. The van der Waals surface area contributed by atoms with Crippen molar-refractivity contribution in [3.63, 3.8) is 0 Å². The van der Waals surface area contributed by atoms with Crippen LogP contribution in [-0.2, 0) is 15.6 Å². The van der Waals surface area contributed by atoms with Gasteiger partial charge in [-0.15, -0.1) is 0 Å². The average molecular weight is 276 g/mol. The molecule has 0 spiro atoms. The van der Waals surface area contributed by atoms with Crippen molar-refractivity contribution in [2.24, 2.45) is 0 Å². The zero-order chi connectivity index (χ0) is 12.6. The van der Waals surface area contributed by atoms with Crippen LogP contribution in [0.15, 0.2) is 18.2 Å². The summed E-state index contributed by atoms with van der Waals surface area (Å²) in [4.78, 5) is 10.0. The predicted octanol–water partition coefficient (Wildman–Crippen LogP) is 2.33. The molecule has 0 bridgehead atoms. The third-order valence-corrected chi connectivity index (χ3v) is 5.20. The first-order chi connectivity index (χ1) is 7.90. The van der Waals surface area contributed by atoms with Crippen molar-refractivity contribution in [3.8, 4) is 0 Å². The number of nitro groups is 1. The lowest BCUT2D eigenvalue weighted by atomic mass is 10.2. The minimum atomic E-state index is -3.21. The van der Waals surface area contributed by atoms with Crippen LogP contribution in [0, 0.1) is 10.1 Å². The summed E-state index contributed by atoms with van der Waals surface area (Å²) >= 11 is 5.85. The second-order valence-corrected chi connectivity index (χ2v) is 6.73. The summed E-state index contributed by atoms with van der Waals surface area (Å²) in [6, 6.07) is 3.84. The highest BCUT2D eigenvalue weighted by molar-refractivity contribution is 7.91. The molecular weight excluding hydrogens is 266 g/mol. The van der Waals surface area contributed by atoms with E-state index >= 15 is 0 Å². The van der Waals surface area contributed by atoms with E-state index in [4.69, 9.17) is 11.6 Å². The Morgan fingerprint density at radius 2 is 2.06 bits per heavy atom. The minimum Gasteiger partial charge on any atom is -0.258 e. The van der Waals surface area contributed by atoms with Gasteiger partial charge in [0.05, 0.1) is 15.9 Å². The molecule has 5 nitrogen and oxygen atoms in total. The van der Waals surface area contributed by atoms with Crippen LogP contribution < -0.4 is 0 Å². The molecule has 17 heavy (non-hydrogen) atoms. The van der Waals surface area contributed by atoms with Crippen LogP contribution in [0.4, 0.5) is 5.69 Å². The van der Waals surface area contributed by atoms with Crippen LogP contribution in [0.5, 0.6) is 0 Å². The number of halogens is 1. The van der Waals surface area contributed by atoms with Gasteiger partial charge in [-0.1, -0.05) is 11.6 Å². The molecule has 0 unspecified atom stereocenters. The smallest absolute Gasteiger partial charge is 0.258 e. The monoisotopic (exact) mass is 275 g/mol. The van der Waals surface area contributed by atoms with Gasteiger partial charge in [-0.3, -0.25) is 10.1 Å². The van der Waals surface area contributed by atoms with E-state index in [1.54, 1.807) is 0 Å². The molecule has 0 N–H and O–H groups in total. The van der Waals surface area contributed by atoms with E-state index in [1.165, 1.54) is 18.2 Å². The van der Waals surface area contributed by atoms with E-state index in [0.717, 1.165) is 0 Å². The predicted molar refractivity (Wildman–Crippen MR) is 63.8 cm³/mol.